The van der Waals surface area contributed by atoms with Gasteiger partial charge in [0, 0.05) is 17.4 Å². The SMILES string of the molecule is Cl.Nc1nc(Nc2ccc(C(=O)O)cc2)ncc1-c1ccccc1C(F)(F)F. The lowest BCUT2D eigenvalue weighted by Gasteiger charge is -2.14. The monoisotopic (exact) mass is 410 g/mol. The summed E-state index contributed by atoms with van der Waals surface area (Å²) < 4.78 is 39.6. The summed E-state index contributed by atoms with van der Waals surface area (Å²) in [6, 6.07) is 10.8. The van der Waals surface area contributed by atoms with E-state index >= 15 is 0 Å². The lowest BCUT2D eigenvalue weighted by Crippen LogP contribution is -2.09. The van der Waals surface area contributed by atoms with E-state index in [1.165, 1.54) is 48.7 Å². The number of hydrogen-bond donors (Lipinski definition) is 3. The number of alkyl halides is 3. The van der Waals surface area contributed by atoms with Gasteiger partial charge in [0.15, 0.2) is 0 Å². The first kappa shape index (κ1) is 21.0. The van der Waals surface area contributed by atoms with Crippen molar-refractivity contribution < 1.29 is 23.1 Å². The van der Waals surface area contributed by atoms with Crippen molar-refractivity contribution in [1.29, 1.82) is 0 Å². The third kappa shape index (κ3) is 4.49. The van der Waals surface area contributed by atoms with Gasteiger partial charge < -0.3 is 16.2 Å². The van der Waals surface area contributed by atoms with Crippen LogP contribution >= 0.6 is 12.4 Å². The van der Waals surface area contributed by atoms with Crippen LogP contribution in [0.4, 0.5) is 30.6 Å². The van der Waals surface area contributed by atoms with Crippen molar-refractivity contribution in [1.82, 2.24) is 9.97 Å². The number of anilines is 3. The summed E-state index contributed by atoms with van der Waals surface area (Å²) in [6.07, 6.45) is -3.33. The molecule has 0 unspecified atom stereocenters. The maximum absolute atomic E-state index is 13.2. The summed E-state index contributed by atoms with van der Waals surface area (Å²) in [6.45, 7) is 0. The van der Waals surface area contributed by atoms with E-state index in [0.717, 1.165) is 6.07 Å². The maximum Gasteiger partial charge on any atom is 0.417 e. The van der Waals surface area contributed by atoms with Gasteiger partial charge in [0.05, 0.1) is 11.1 Å². The fraction of sp³-hybridized carbons (Fsp3) is 0.0556. The molecular formula is C18H14ClF3N4O2. The molecule has 3 aromatic rings. The van der Waals surface area contributed by atoms with Crippen molar-refractivity contribution in [3.05, 3.63) is 65.9 Å². The first-order valence-electron chi connectivity index (χ1n) is 7.65. The lowest BCUT2D eigenvalue weighted by atomic mass is 10.0. The Morgan fingerprint density at radius 1 is 1.04 bits per heavy atom. The molecule has 2 aromatic carbocycles. The van der Waals surface area contributed by atoms with Crippen molar-refractivity contribution in [3.63, 3.8) is 0 Å². The van der Waals surface area contributed by atoms with Crippen LogP contribution in [0.1, 0.15) is 15.9 Å². The predicted molar refractivity (Wildman–Crippen MR) is 101 cm³/mol. The highest BCUT2D eigenvalue weighted by Crippen LogP contribution is 2.38. The minimum Gasteiger partial charge on any atom is -0.478 e. The van der Waals surface area contributed by atoms with Crippen molar-refractivity contribution in [2.75, 3.05) is 11.1 Å². The van der Waals surface area contributed by atoms with Gasteiger partial charge in [-0.1, -0.05) is 18.2 Å². The maximum atomic E-state index is 13.2. The van der Waals surface area contributed by atoms with Crippen LogP contribution in [0.25, 0.3) is 11.1 Å². The number of nitrogen functional groups attached to an aromatic ring is 1. The zero-order valence-electron chi connectivity index (χ0n) is 14.1. The van der Waals surface area contributed by atoms with Crippen LogP contribution in [0, 0.1) is 0 Å². The molecular weight excluding hydrogens is 397 g/mol. The minimum absolute atomic E-state index is 0. The van der Waals surface area contributed by atoms with Gasteiger partial charge in [-0.3, -0.25) is 0 Å². The highest BCUT2D eigenvalue weighted by atomic mass is 35.5. The zero-order valence-corrected chi connectivity index (χ0v) is 14.9. The largest absolute Gasteiger partial charge is 0.478 e. The predicted octanol–water partition coefficient (Wildman–Crippen LogP) is 4.61. The van der Waals surface area contributed by atoms with Crippen molar-refractivity contribution in [3.8, 4) is 11.1 Å². The average molecular weight is 411 g/mol. The molecule has 0 aliphatic heterocycles. The zero-order chi connectivity index (χ0) is 19.6. The normalized spacial score (nSPS) is 10.8. The van der Waals surface area contributed by atoms with E-state index in [2.05, 4.69) is 15.3 Å². The van der Waals surface area contributed by atoms with Crippen molar-refractivity contribution in [2.24, 2.45) is 0 Å². The second-order valence-corrected chi connectivity index (χ2v) is 5.54. The number of nitrogens with two attached hydrogens (primary N) is 1. The van der Waals surface area contributed by atoms with Crippen LogP contribution in [-0.4, -0.2) is 21.0 Å². The quantitative estimate of drug-likeness (QED) is 0.580. The van der Waals surface area contributed by atoms with E-state index in [0.29, 0.717) is 5.69 Å². The average Bonchev–Trinajstić information content (AvgIpc) is 2.61. The molecule has 0 saturated carbocycles. The Bertz CT molecular complexity index is 995. The molecule has 0 aliphatic rings. The van der Waals surface area contributed by atoms with E-state index < -0.39 is 17.7 Å². The Labute approximate surface area is 163 Å². The van der Waals surface area contributed by atoms with Crippen molar-refractivity contribution in [2.45, 2.75) is 6.18 Å². The smallest absolute Gasteiger partial charge is 0.417 e. The number of rotatable bonds is 4. The molecule has 0 fully saturated rings. The number of carbonyl (C=O) groups is 1. The van der Waals surface area contributed by atoms with Gasteiger partial charge in [-0.05, 0) is 35.9 Å². The van der Waals surface area contributed by atoms with Crippen LogP contribution in [0.5, 0.6) is 0 Å². The second-order valence-electron chi connectivity index (χ2n) is 5.54. The molecule has 0 bridgehead atoms. The number of hydrogen-bond acceptors (Lipinski definition) is 5. The third-order valence-electron chi connectivity index (χ3n) is 3.73. The first-order valence-corrected chi connectivity index (χ1v) is 7.65. The van der Waals surface area contributed by atoms with E-state index in [1.54, 1.807) is 0 Å². The first-order chi connectivity index (χ1) is 12.8. The number of halogens is 4. The molecule has 1 aromatic heterocycles. The van der Waals surface area contributed by atoms with E-state index in [1.807, 2.05) is 0 Å². The van der Waals surface area contributed by atoms with Crippen LogP contribution in [0.15, 0.2) is 54.7 Å². The second kappa shape index (κ2) is 8.13. The summed E-state index contributed by atoms with van der Waals surface area (Å²) in [4.78, 5) is 18.8. The molecule has 3 rings (SSSR count). The molecule has 1 heterocycles. The molecule has 10 heteroatoms. The van der Waals surface area contributed by atoms with Gasteiger partial charge in [0.25, 0.3) is 0 Å². The van der Waals surface area contributed by atoms with Gasteiger partial charge in [0.1, 0.15) is 5.82 Å². The van der Waals surface area contributed by atoms with Crippen LogP contribution < -0.4 is 11.1 Å². The Kier molecular flexibility index (Phi) is 6.09. The number of aromatic nitrogens is 2. The lowest BCUT2D eigenvalue weighted by molar-refractivity contribution is -0.137. The molecule has 28 heavy (non-hydrogen) atoms. The Morgan fingerprint density at radius 3 is 2.25 bits per heavy atom. The Morgan fingerprint density at radius 2 is 1.68 bits per heavy atom. The molecule has 0 radical (unpaired) electrons. The molecule has 0 aliphatic carbocycles. The highest BCUT2D eigenvalue weighted by Gasteiger charge is 2.33. The molecule has 4 N–H and O–H groups in total. The molecule has 0 saturated heterocycles. The molecule has 0 atom stereocenters. The fourth-order valence-electron chi connectivity index (χ4n) is 2.45. The molecule has 0 amide bonds. The number of carboxylic acids is 1. The summed E-state index contributed by atoms with van der Waals surface area (Å²) in [5, 5.41) is 11.7. The van der Waals surface area contributed by atoms with Crippen LogP contribution in [-0.2, 0) is 6.18 Å². The van der Waals surface area contributed by atoms with Gasteiger partial charge in [0.2, 0.25) is 5.95 Å². The number of nitrogens with zero attached hydrogens (tertiary/aromatic N) is 2. The Hall–Kier alpha value is -3.33. The van der Waals surface area contributed by atoms with E-state index in [4.69, 9.17) is 10.8 Å². The topological polar surface area (TPSA) is 101 Å². The summed E-state index contributed by atoms with van der Waals surface area (Å²) in [7, 11) is 0. The fourth-order valence-corrected chi connectivity index (χ4v) is 2.45. The van der Waals surface area contributed by atoms with Gasteiger partial charge >= 0.3 is 12.1 Å². The number of carboxylic acid groups (broad SMARTS) is 1. The number of nitrogens with one attached hydrogen (secondary N) is 1. The third-order valence-corrected chi connectivity index (χ3v) is 3.73. The summed E-state index contributed by atoms with van der Waals surface area (Å²) in [5.74, 6) is -1.11. The molecule has 6 nitrogen and oxygen atoms in total. The molecule has 146 valence electrons. The minimum atomic E-state index is -4.54. The van der Waals surface area contributed by atoms with Gasteiger partial charge in [-0.2, -0.15) is 18.2 Å². The number of aromatic carboxylic acids is 1. The summed E-state index contributed by atoms with van der Waals surface area (Å²) in [5.41, 5.74) is 5.59. The Balaban J connectivity index is 0.00000280. The highest BCUT2D eigenvalue weighted by molar-refractivity contribution is 5.88. The van der Waals surface area contributed by atoms with Gasteiger partial charge in [-0.15, -0.1) is 12.4 Å². The van der Waals surface area contributed by atoms with E-state index in [9.17, 15) is 18.0 Å². The van der Waals surface area contributed by atoms with Gasteiger partial charge in [-0.25, -0.2) is 9.78 Å². The molecule has 0 spiro atoms. The van der Waals surface area contributed by atoms with Crippen LogP contribution in [0.2, 0.25) is 0 Å². The standard InChI is InChI=1S/C18H13F3N4O2.ClH/c19-18(20,21)14-4-2-1-3-12(14)13-9-23-17(25-15(13)22)24-11-7-5-10(6-8-11)16(26)27;/h1-9H,(H,26,27)(H3,22,23,24,25);1H. The van der Waals surface area contributed by atoms with E-state index in [-0.39, 0.29) is 40.9 Å². The summed E-state index contributed by atoms with van der Waals surface area (Å²) >= 11 is 0. The number of benzene rings is 2. The van der Waals surface area contributed by atoms with Crippen LogP contribution in [0.3, 0.4) is 0 Å². The van der Waals surface area contributed by atoms with Crippen molar-refractivity contribution >= 4 is 35.8 Å².